The van der Waals surface area contributed by atoms with Crippen molar-refractivity contribution in [1.29, 1.82) is 0 Å². The third kappa shape index (κ3) is 6.39. The molecule has 3 amide bonds. The van der Waals surface area contributed by atoms with Crippen LogP contribution in [0.1, 0.15) is 28.8 Å². The van der Waals surface area contributed by atoms with E-state index in [0.29, 0.717) is 21.4 Å². The van der Waals surface area contributed by atoms with Gasteiger partial charge in [0, 0.05) is 30.7 Å². The van der Waals surface area contributed by atoms with E-state index in [9.17, 15) is 24.5 Å². The topological polar surface area (TPSA) is 131 Å². The number of hydrogen-bond donors (Lipinski definition) is 2. The molecule has 1 heterocycles. The molecular formula is C22H20N4O6S2. The van der Waals surface area contributed by atoms with E-state index in [2.05, 4.69) is 10.9 Å². The Morgan fingerprint density at radius 3 is 2.71 bits per heavy atom. The third-order valence-electron chi connectivity index (χ3n) is 4.69. The lowest BCUT2D eigenvalue weighted by Gasteiger charge is -2.14. The number of benzene rings is 2. The van der Waals surface area contributed by atoms with Crippen molar-refractivity contribution < 1.29 is 24.0 Å². The van der Waals surface area contributed by atoms with Crippen molar-refractivity contribution in [2.24, 2.45) is 0 Å². The molecule has 2 N–H and O–H groups in total. The van der Waals surface area contributed by atoms with Crippen molar-refractivity contribution in [1.82, 2.24) is 15.8 Å². The van der Waals surface area contributed by atoms with Gasteiger partial charge in [-0.3, -0.25) is 40.2 Å². The Morgan fingerprint density at radius 2 is 1.97 bits per heavy atom. The first kappa shape index (κ1) is 24.9. The maximum atomic E-state index is 12.7. The average molecular weight is 501 g/mol. The van der Waals surface area contributed by atoms with Gasteiger partial charge >= 0.3 is 0 Å². The van der Waals surface area contributed by atoms with Crippen molar-refractivity contribution in [3.05, 3.63) is 74.7 Å². The number of carbonyl (C=O) groups is 3. The number of hydrazine groups is 1. The monoisotopic (exact) mass is 500 g/mol. The molecule has 0 aliphatic carbocycles. The van der Waals surface area contributed by atoms with Gasteiger partial charge in [0.15, 0.2) is 0 Å². The molecule has 12 heteroatoms. The molecule has 0 unspecified atom stereocenters. The lowest BCUT2D eigenvalue weighted by Crippen LogP contribution is -2.41. The fourth-order valence-electron chi connectivity index (χ4n) is 3.00. The lowest BCUT2D eigenvalue weighted by molar-refractivity contribution is -0.384. The molecule has 0 bridgehead atoms. The van der Waals surface area contributed by atoms with Gasteiger partial charge in [-0.1, -0.05) is 42.2 Å². The normalized spacial score (nSPS) is 14.3. The quantitative estimate of drug-likeness (QED) is 0.245. The highest BCUT2D eigenvalue weighted by Gasteiger charge is 2.31. The zero-order valence-electron chi connectivity index (χ0n) is 18.0. The molecule has 2 aromatic rings. The van der Waals surface area contributed by atoms with Crippen LogP contribution in [0, 0.1) is 10.1 Å². The summed E-state index contributed by atoms with van der Waals surface area (Å²) in [6, 6.07) is 12.4. The van der Waals surface area contributed by atoms with Crippen molar-refractivity contribution in [3.8, 4) is 5.75 Å². The number of ether oxygens (including phenoxy) is 1. The highest BCUT2D eigenvalue weighted by molar-refractivity contribution is 8.26. The molecule has 2 aromatic carbocycles. The van der Waals surface area contributed by atoms with Gasteiger partial charge in [0.05, 0.1) is 16.9 Å². The summed E-state index contributed by atoms with van der Waals surface area (Å²) in [4.78, 5) is 49.0. The number of nitro groups is 1. The Hall–Kier alpha value is -3.77. The van der Waals surface area contributed by atoms with Gasteiger partial charge in [0.2, 0.25) is 5.91 Å². The van der Waals surface area contributed by atoms with E-state index in [1.165, 1.54) is 34.9 Å². The lowest BCUT2D eigenvalue weighted by atomic mass is 10.2. The van der Waals surface area contributed by atoms with Gasteiger partial charge in [-0.15, -0.1) is 0 Å². The Bertz CT molecular complexity index is 1180. The summed E-state index contributed by atoms with van der Waals surface area (Å²) >= 11 is 6.49. The van der Waals surface area contributed by atoms with Crippen LogP contribution in [0.25, 0.3) is 6.08 Å². The molecule has 34 heavy (non-hydrogen) atoms. The maximum absolute atomic E-state index is 12.7. The minimum atomic E-state index is -0.684. The number of amides is 3. The Morgan fingerprint density at radius 1 is 1.21 bits per heavy atom. The first-order chi connectivity index (χ1) is 16.3. The van der Waals surface area contributed by atoms with E-state index in [0.717, 1.165) is 11.6 Å². The molecule has 1 saturated heterocycles. The van der Waals surface area contributed by atoms with Crippen LogP contribution in [0.5, 0.6) is 5.75 Å². The summed E-state index contributed by atoms with van der Waals surface area (Å²) in [6.45, 7) is 0.242. The van der Waals surface area contributed by atoms with Crippen LogP contribution in [0.3, 0.4) is 0 Å². The number of thioether (sulfide) groups is 1. The predicted molar refractivity (Wildman–Crippen MR) is 131 cm³/mol. The Labute approximate surface area is 204 Å². The number of hydrogen-bond acceptors (Lipinski definition) is 8. The second-order valence-electron chi connectivity index (χ2n) is 7.02. The number of nitrogens with one attached hydrogen (secondary N) is 2. The smallest absolute Gasteiger partial charge is 0.270 e. The Kier molecular flexibility index (Phi) is 8.33. The van der Waals surface area contributed by atoms with Crippen LogP contribution < -0.4 is 15.6 Å². The minimum absolute atomic E-state index is 0.0290. The maximum Gasteiger partial charge on any atom is 0.270 e. The number of carbonyl (C=O) groups excluding carboxylic acids is 3. The molecule has 0 saturated carbocycles. The number of rotatable bonds is 8. The minimum Gasteiger partial charge on any atom is -0.497 e. The second-order valence-corrected chi connectivity index (χ2v) is 8.70. The van der Waals surface area contributed by atoms with Gasteiger partial charge in [0.1, 0.15) is 10.1 Å². The molecule has 10 nitrogen and oxygen atoms in total. The van der Waals surface area contributed by atoms with Crippen LogP contribution >= 0.6 is 24.0 Å². The SMILES string of the molecule is COc1cccc(C=C2SC(=S)N(CCCC(=O)NNC(=O)c3cccc([N+](=O)[O-])c3)C2=O)c1. The van der Waals surface area contributed by atoms with Crippen molar-refractivity contribution in [2.45, 2.75) is 12.8 Å². The largest absolute Gasteiger partial charge is 0.497 e. The molecular weight excluding hydrogens is 480 g/mol. The third-order valence-corrected chi connectivity index (χ3v) is 6.06. The summed E-state index contributed by atoms with van der Waals surface area (Å²) in [5.74, 6) is -0.724. The molecule has 176 valence electrons. The van der Waals surface area contributed by atoms with E-state index in [1.54, 1.807) is 25.3 Å². The molecule has 0 radical (unpaired) electrons. The zero-order valence-corrected chi connectivity index (χ0v) is 19.6. The fourth-order valence-corrected chi connectivity index (χ4v) is 4.30. The standard InChI is InChI=1S/C22H20N4O6S2/c1-32-17-8-2-5-14(11-17)12-18-21(29)25(22(33)34-18)10-4-9-19(27)23-24-20(28)15-6-3-7-16(13-15)26(30)31/h2-3,5-8,11-13H,4,9-10H2,1H3,(H,23,27)(H,24,28). The van der Waals surface area contributed by atoms with E-state index >= 15 is 0 Å². The van der Waals surface area contributed by atoms with Crippen LogP contribution in [-0.4, -0.2) is 45.5 Å². The molecule has 0 spiro atoms. The van der Waals surface area contributed by atoms with Gasteiger partial charge in [0.25, 0.3) is 17.5 Å². The summed E-state index contributed by atoms with van der Waals surface area (Å²) in [6.07, 6.45) is 2.08. The van der Waals surface area contributed by atoms with E-state index in [-0.39, 0.29) is 30.1 Å². The number of nitrogens with zero attached hydrogens (tertiary/aromatic N) is 2. The van der Waals surface area contributed by atoms with Gasteiger partial charge in [-0.05, 0) is 36.3 Å². The van der Waals surface area contributed by atoms with Gasteiger partial charge < -0.3 is 4.74 Å². The van der Waals surface area contributed by atoms with Crippen molar-refractivity contribution in [2.75, 3.05) is 13.7 Å². The van der Waals surface area contributed by atoms with Crippen molar-refractivity contribution >= 4 is 57.8 Å². The number of methoxy groups -OCH3 is 1. The van der Waals surface area contributed by atoms with E-state index in [1.807, 2.05) is 12.1 Å². The highest BCUT2D eigenvalue weighted by Crippen LogP contribution is 2.33. The molecule has 0 atom stereocenters. The summed E-state index contributed by atoms with van der Waals surface area (Å²) in [5, 5.41) is 10.8. The molecule has 1 fully saturated rings. The number of non-ortho nitro benzene ring substituents is 1. The zero-order chi connectivity index (χ0) is 24.7. The summed E-state index contributed by atoms with van der Waals surface area (Å²) in [5.41, 5.74) is 5.08. The molecule has 1 aliphatic heterocycles. The van der Waals surface area contributed by atoms with Crippen LogP contribution in [0.2, 0.25) is 0 Å². The predicted octanol–water partition coefficient (Wildman–Crippen LogP) is 3.05. The number of thiocarbonyl (C=S) groups is 1. The molecule has 0 aromatic heterocycles. The summed E-state index contributed by atoms with van der Waals surface area (Å²) < 4.78 is 5.59. The van der Waals surface area contributed by atoms with E-state index in [4.69, 9.17) is 17.0 Å². The average Bonchev–Trinajstić information content (AvgIpc) is 3.09. The fraction of sp³-hybridized carbons (Fsp3) is 0.182. The summed E-state index contributed by atoms with van der Waals surface area (Å²) in [7, 11) is 1.56. The van der Waals surface area contributed by atoms with Crippen LogP contribution in [-0.2, 0) is 9.59 Å². The first-order valence-corrected chi connectivity index (χ1v) is 11.2. The van der Waals surface area contributed by atoms with Gasteiger partial charge in [-0.2, -0.15) is 0 Å². The molecule has 1 aliphatic rings. The van der Waals surface area contributed by atoms with Gasteiger partial charge in [-0.25, -0.2) is 0 Å². The van der Waals surface area contributed by atoms with E-state index < -0.39 is 16.7 Å². The van der Waals surface area contributed by atoms with Crippen LogP contribution in [0.15, 0.2) is 53.4 Å². The van der Waals surface area contributed by atoms with Crippen LogP contribution in [0.4, 0.5) is 5.69 Å². The highest BCUT2D eigenvalue weighted by atomic mass is 32.2. The second kappa shape index (κ2) is 11.4. The van der Waals surface area contributed by atoms with Crippen molar-refractivity contribution in [3.63, 3.8) is 0 Å². The number of nitro benzene ring substituents is 1. The Balaban J connectivity index is 1.47. The molecule has 3 rings (SSSR count). The first-order valence-electron chi connectivity index (χ1n) is 10.0.